The lowest BCUT2D eigenvalue weighted by molar-refractivity contribution is -0.147. The van der Waals surface area contributed by atoms with E-state index in [1.165, 1.54) is 0 Å². The molecular formula is C27H52O14. The minimum absolute atomic E-state index is 0.0163. The predicted octanol–water partition coefficient (Wildman–Crippen LogP) is -0.00340. The first-order valence-corrected chi connectivity index (χ1v) is 14.0. The van der Waals surface area contributed by atoms with Gasteiger partial charge in [-0.25, -0.2) is 0 Å². The van der Waals surface area contributed by atoms with Crippen molar-refractivity contribution in [3.05, 3.63) is 0 Å². The number of hydrogen-bond donors (Lipinski definition) is 2. The molecule has 0 saturated carbocycles. The molecule has 0 bridgehead atoms. The predicted molar refractivity (Wildman–Crippen MR) is 146 cm³/mol. The van der Waals surface area contributed by atoms with Gasteiger partial charge in [-0.3, -0.25) is 9.59 Å². The summed E-state index contributed by atoms with van der Waals surface area (Å²) in [4.78, 5) is 24.1. The standard InChI is InChI=1S/C27H52O14/c1-32-7-9-34-11-13-36-15-17-38-19-21-40-25(30)3-5-27(23-28,24-29)6-4-26(31)41-22-20-39-18-16-37-14-12-35-10-8-33-2/h28-29H,3-24H2,1-2H3. The van der Waals surface area contributed by atoms with Crippen molar-refractivity contribution in [2.24, 2.45) is 5.41 Å². The second-order valence-electron chi connectivity index (χ2n) is 8.92. The maximum atomic E-state index is 12.1. The molecule has 0 heterocycles. The molecule has 0 aromatic carbocycles. The molecule has 0 radical (unpaired) electrons. The van der Waals surface area contributed by atoms with Gasteiger partial charge in [-0.1, -0.05) is 0 Å². The molecule has 41 heavy (non-hydrogen) atoms. The number of methoxy groups -OCH3 is 2. The summed E-state index contributed by atoms with van der Waals surface area (Å²) in [6, 6.07) is 0. The average molecular weight is 601 g/mol. The second-order valence-corrected chi connectivity index (χ2v) is 8.92. The third-order valence-electron chi connectivity index (χ3n) is 5.72. The quantitative estimate of drug-likeness (QED) is 0.0782. The Labute approximate surface area is 243 Å². The van der Waals surface area contributed by atoms with Crippen LogP contribution in [-0.4, -0.2) is 155 Å². The van der Waals surface area contributed by atoms with Gasteiger partial charge in [0.2, 0.25) is 0 Å². The molecule has 0 amide bonds. The van der Waals surface area contributed by atoms with E-state index in [1.807, 2.05) is 0 Å². The van der Waals surface area contributed by atoms with Crippen molar-refractivity contribution in [1.29, 1.82) is 0 Å². The van der Waals surface area contributed by atoms with Crippen LogP contribution >= 0.6 is 0 Å². The summed E-state index contributed by atoms with van der Waals surface area (Å²) in [6.45, 7) is 5.32. The fraction of sp³-hybridized carbons (Fsp3) is 0.926. The topological polar surface area (TPSA) is 167 Å². The first kappa shape index (κ1) is 39.5. The highest BCUT2D eigenvalue weighted by Crippen LogP contribution is 2.29. The summed E-state index contributed by atoms with van der Waals surface area (Å²) in [6.07, 6.45) is 0.288. The Hall–Kier alpha value is -1.46. The summed E-state index contributed by atoms with van der Waals surface area (Å²) in [5.74, 6) is -0.960. The molecule has 0 aliphatic rings. The summed E-state index contributed by atoms with van der Waals surface area (Å²) < 4.78 is 51.9. The number of carbonyl (C=O) groups is 2. The van der Waals surface area contributed by atoms with Crippen molar-refractivity contribution >= 4 is 11.9 Å². The molecule has 0 unspecified atom stereocenters. The molecule has 0 aliphatic heterocycles. The average Bonchev–Trinajstić information content (AvgIpc) is 2.98. The third-order valence-corrected chi connectivity index (χ3v) is 5.72. The van der Waals surface area contributed by atoms with Gasteiger partial charge in [-0.2, -0.15) is 0 Å². The van der Waals surface area contributed by atoms with E-state index in [4.69, 9.17) is 47.4 Å². The normalized spacial score (nSPS) is 11.6. The van der Waals surface area contributed by atoms with Crippen LogP contribution in [-0.2, 0) is 57.0 Å². The minimum atomic E-state index is -1.000. The molecule has 0 atom stereocenters. The maximum absolute atomic E-state index is 12.1. The van der Waals surface area contributed by atoms with Crippen molar-refractivity contribution < 1.29 is 67.2 Å². The van der Waals surface area contributed by atoms with Crippen LogP contribution in [0.2, 0.25) is 0 Å². The molecule has 0 aromatic rings. The van der Waals surface area contributed by atoms with Gasteiger partial charge in [-0.15, -0.1) is 0 Å². The van der Waals surface area contributed by atoms with Crippen LogP contribution in [0, 0.1) is 5.41 Å². The highest BCUT2D eigenvalue weighted by molar-refractivity contribution is 5.70. The smallest absolute Gasteiger partial charge is 0.305 e. The molecule has 0 fully saturated rings. The molecule has 0 saturated heterocycles. The Kier molecular flexibility index (Phi) is 28.9. The second kappa shape index (κ2) is 30.0. The van der Waals surface area contributed by atoms with Crippen LogP contribution in [0.3, 0.4) is 0 Å². The number of carbonyl (C=O) groups excluding carboxylic acids is 2. The van der Waals surface area contributed by atoms with Gasteiger partial charge in [0.1, 0.15) is 13.2 Å². The first-order valence-electron chi connectivity index (χ1n) is 14.0. The Morgan fingerprint density at radius 1 is 0.463 bits per heavy atom. The molecule has 14 nitrogen and oxygen atoms in total. The summed E-state index contributed by atoms with van der Waals surface area (Å²) in [7, 11) is 3.22. The van der Waals surface area contributed by atoms with Crippen molar-refractivity contribution in [2.45, 2.75) is 25.7 Å². The van der Waals surface area contributed by atoms with Crippen LogP contribution in [0.1, 0.15) is 25.7 Å². The molecule has 0 aromatic heterocycles. The van der Waals surface area contributed by atoms with Gasteiger partial charge in [0.15, 0.2) is 0 Å². The van der Waals surface area contributed by atoms with E-state index in [1.54, 1.807) is 14.2 Å². The van der Waals surface area contributed by atoms with Crippen molar-refractivity contribution in [2.75, 3.05) is 133 Å². The molecule has 2 N–H and O–H groups in total. The number of aliphatic hydroxyl groups is 2. The zero-order chi connectivity index (χ0) is 30.3. The van der Waals surface area contributed by atoms with Crippen LogP contribution < -0.4 is 0 Å². The summed E-state index contributed by atoms with van der Waals surface area (Å²) >= 11 is 0. The zero-order valence-electron chi connectivity index (χ0n) is 24.8. The monoisotopic (exact) mass is 600 g/mol. The maximum Gasteiger partial charge on any atom is 0.305 e. The van der Waals surface area contributed by atoms with Gasteiger partial charge < -0.3 is 57.6 Å². The summed E-state index contributed by atoms with van der Waals surface area (Å²) in [5.41, 5.74) is -1.000. The molecule has 14 heteroatoms. The van der Waals surface area contributed by atoms with Crippen molar-refractivity contribution in [1.82, 2.24) is 0 Å². The third kappa shape index (κ3) is 25.9. The van der Waals surface area contributed by atoms with E-state index in [2.05, 4.69) is 0 Å². The van der Waals surface area contributed by atoms with E-state index >= 15 is 0 Å². The summed E-state index contributed by atoms with van der Waals surface area (Å²) in [5, 5.41) is 19.6. The van der Waals surface area contributed by atoms with E-state index in [0.29, 0.717) is 79.3 Å². The van der Waals surface area contributed by atoms with Gasteiger partial charge in [0.05, 0.1) is 106 Å². The van der Waals surface area contributed by atoms with E-state index in [0.717, 1.165) is 0 Å². The fourth-order valence-electron chi connectivity index (χ4n) is 3.17. The van der Waals surface area contributed by atoms with Gasteiger partial charge in [-0.05, 0) is 12.8 Å². The lowest BCUT2D eigenvalue weighted by atomic mass is 9.80. The highest BCUT2D eigenvalue weighted by Gasteiger charge is 2.30. The first-order chi connectivity index (χ1) is 20.0. The molecule has 0 rings (SSSR count). The number of rotatable bonds is 32. The SMILES string of the molecule is COCCOCCOCCOCCOC(=O)CCC(CO)(CO)CCC(=O)OCCOCCOCCOCCOC. The zero-order valence-corrected chi connectivity index (χ0v) is 24.8. The van der Waals surface area contributed by atoms with Crippen LogP contribution in [0.25, 0.3) is 0 Å². The number of esters is 2. The van der Waals surface area contributed by atoms with Gasteiger partial charge in [0, 0.05) is 32.5 Å². The molecule has 0 aliphatic carbocycles. The van der Waals surface area contributed by atoms with Gasteiger partial charge >= 0.3 is 11.9 Å². The van der Waals surface area contributed by atoms with Crippen molar-refractivity contribution in [3.8, 4) is 0 Å². The van der Waals surface area contributed by atoms with Crippen LogP contribution in [0.5, 0.6) is 0 Å². The Bertz CT molecular complexity index is 542. The minimum Gasteiger partial charge on any atom is -0.463 e. The van der Waals surface area contributed by atoms with Crippen molar-refractivity contribution in [3.63, 3.8) is 0 Å². The largest absolute Gasteiger partial charge is 0.463 e. The number of aliphatic hydroxyl groups excluding tert-OH is 2. The molecular weight excluding hydrogens is 548 g/mol. The highest BCUT2D eigenvalue weighted by atomic mass is 16.6. The van der Waals surface area contributed by atoms with E-state index in [-0.39, 0.29) is 65.3 Å². The molecule has 0 spiro atoms. The number of ether oxygens (including phenoxy) is 10. The van der Waals surface area contributed by atoms with Gasteiger partial charge in [0.25, 0.3) is 0 Å². The van der Waals surface area contributed by atoms with E-state index in [9.17, 15) is 19.8 Å². The van der Waals surface area contributed by atoms with E-state index < -0.39 is 17.4 Å². The fourth-order valence-corrected chi connectivity index (χ4v) is 3.17. The lowest BCUT2D eigenvalue weighted by Crippen LogP contribution is -2.32. The van der Waals surface area contributed by atoms with Crippen LogP contribution in [0.4, 0.5) is 0 Å². The Morgan fingerprint density at radius 3 is 1.00 bits per heavy atom. The van der Waals surface area contributed by atoms with Crippen LogP contribution in [0.15, 0.2) is 0 Å². The Balaban J connectivity index is 3.81. The Morgan fingerprint density at radius 2 is 0.732 bits per heavy atom. The lowest BCUT2D eigenvalue weighted by Gasteiger charge is -2.29. The number of hydrogen-bond acceptors (Lipinski definition) is 14. The molecule has 244 valence electrons.